The van der Waals surface area contributed by atoms with Crippen LogP contribution in [0.5, 0.6) is 5.75 Å². The van der Waals surface area contributed by atoms with Gasteiger partial charge in [0.1, 0.15) is 12.4 Å². The lowest BCUT2D eigenvalue weighted by Gasteiger charge is -2.15. The summed E-state index contributed by atoms with van der Waals surface area (Å²) in [5, 5.41) is 5.16. The molecule has 0 heterocycles. The summed E-state index contributed by atoms with van der Waals surface area (Å²) in [4.78, 5) is 23.9. The van der Waals surface area contributed by atoms with Crippen LogP contribution in [0.2, 0.25) is 0 Å². The second-order valence-corrected chi connectivity index (χ2v) is 6.68. The monoisotopic (exact) mass is 474 g/mol. The van der Waals surface area contributed by atoms with Crippen molar-refractivity contribution in [2.24, 2.45) is 0 Å². The number of ether oxygens (including phenoxy) is 1. The average molecular weight is 474 g/mol. The van der Waals surface area contributed by atoms with E-state index in [4.69, 9.17) is 4.74 Å². The van der Waals surface area contributed by atoms with Crippen LogP contribution in [-0.2, 0) is 4.79 Å². The van der Waals surface area contributed by atoms with Crippen molar-refractivity contribution in [2.75, 3.05) is 13.2 Å². The van der Waals surface area contributed by atoms with Crippen LogP contribution in [0.3, 0.4) is 0 Å². The Kier molecular flexibility index (Phi) is 7.31. The lowest BCUT2D eigenvalue weighted by atomic mass is 10.2. The Bertz CT molecular complexity index is 802. The molecule has 138 valence electrons. The maximum absolute atomic E-state index is 13.5. The van der Waals surface area contributed by atoms with Crippen molar-refractivity contribution in [3.05, 3.63) is 63.2 Å². The molecule has 26 heavy (non-hydrogen) atoms. The van der Waals surface area contributed by atoms with Crippen LogP contribution >= 0.6 is 22.6 Å². The summed E-state index contributed by atoms with van der Waals surface area (Å²) in [5.74, 6) is -2.35. The average Bonchev–Trinajstić information content (AvgIpc) is 2.59. The summed E-state index contributed by atoms with van der Waals surface area (Å²) in [6.07, 6.45) is 0. The van der Waals surface area contributed by atoms with Gasteiger partial charge in [-0.15, -0.1) is 0 Å². The van der Waals surface area contributed by atoms with Gasteiger partial charge in [-0.3, -0.25) is 9.59 Å². The second kappa shape index (κ2) is 9.46. The van der Waals surface area contributed by atoms with E-state index in [0.717, 1.165) is 15.7 Å². The molecule has 0 aliphatic rings. The minimum atomic E-state index is -0.812. The molecule has 0 spiro atoms. The van der Waals surface area contributed by atoms with Gasteiger partial charge in [0, 0.05) is 9.64 Å². The molecule has 2 N–H and O–H groups in total. The second-order valence-electron chi connectivity index (χ2n) is 5.52. The molecular weight excluding hydrogens is 457 g/mol. The van der Waals surface area contributed by atoms with E-state index in [1.54, 1.807) is 25.1 Å². The minimum Gasteiger partial charge on any atom is -0.488 e. The van der Waals surface area contributed by atoms with E-state index in [0.29, 0.717) is 5.56 Å². The van der Waals surface area contributed by atoms with Crippen molar-refractivity contribution in [1.82, 2.24) is 10.6 Å². The van der Waals surface area contributed by atoms with E-state index in [1.807, 2.05) is 28.7 Å². The highest BCUT2D eigenvalue weighted by molar-refractivity contribution is 14.1. The van der Waals surface area contributed by atoms with Crippen LogP contribution in [0, 0.1) is 15.2 Å². The number of amides is 2. The van der Waals surface area contributed by atoms with Gasteiger partial charge in [0.25, 0.3) is 5.91 Å². The Morgan fingerprint density at radius 1 is 1.19 bits per heavy atom. The number of hydrogen-bond acceptors (Lipinski definition) is 3. The first-order chi connectivity index (χ1) is 12.4. The molecule has 2 amide bonds. The van der Waals surface area contributed by atoms with E-state index >= 15 is 0 Å². The molecule has 1 atom stereocenters. The molecule has 0 aliphatic carbocycles. The zero-order chi connectivity index (χ0) is 19.1. The first-order valence-corrected chi connectivity index (χ1v) is 8.84. The fraction of sp³-hybridized carbons (Fsp3) is 0.222. The quantitative estimate of drug-likeness (QED) is 0.607. The van der Waals surface area contributed by atoms with Gasteiger partial charge in [0.05, 0.1) is 18.2 Å². The molecule has 0 radical (unpaired) electrons. The number of carbonyl (C=O) groups is 2. The summed E-state index contributed by atoms with van der Waals surface area (Å²) >= 11 is 2.04. The molecule has 5 nitrogen and oxygen atoms in total. The van der Waals surface area contributed by atoms with E-state index in [2.05, 4.69) is 10.6 Å². The van der Waals surface area contributed by atoms with Crippen molar-refractivity contribution in [3.63, 3.8) is 0 Å². The lowest BCUT2D eigenvalue weighted by molar-refractivity contribution is -0.120. The minimum absolute atomic E-state index is 0.00117. The lowest BCUT2D eigenvalue weighted by Crippen LogP contribution is -2.43. The summed E-state index contributed by atoms with van der Waals surface area (Å²) in [6, 6.07) is 9.58. The Labute approximate surface area is 163 Å². The molecule has 8 heteroatoms. The Hall–Kier alpha value is -2.23. The van der Waals surface area contributed by atoms with Crippen LogP contribution < -0.4 is 15.4 Å². The predicted octanol–water partition coefficient (Wildman–Crippen LogP) is 2.88. The number of carbonyl (C=O) groups excluding carboxylic acids is 2. The highest BCUT2D eigenvalue weighted by Crippen LogP contribution is 2.17. The smallest absolute Gasteiger partial charge is 0.252 e. The van der Waals surface area contributed by atoms with Crippen LogP contribution in [0.4, 0.5) is 8.78 Å². The highest BCUT2D eigenvalue weighted by atomic mass is 127. The fourth-order valence-electron chi connectivity index (χ4n) is 2.08. The number of benzene rings is 2. The summed E-state index contributed by atoms with van der Waals surface area (Å²) in [7, 11) is 0. The summed E-state index contributed by atoms with van der Waals surface area (Å²) in [6.45, 7) is 1.47. The number of hydrogen-bond donors (Lipinski definition) is 2. The van der Waals surface area contributed by atoms with Gasteiger partial charge in [-0.25, -0.2) is 8.78 Å². The van der Waals surface area contributed by atoms with Crippen LogP contribution in [0.25, 0.3) is 0 Å². The normalized spacial score (nSPS) is 11.5. The van der Waals surface area contributed by atoms with Crippen LogP contribution in [0.15, 0.2) is 42.5 Å². The third kappa shape index (κ3) is 5.94. The standard InChI is InChI=1S/C18H17F2IN2O3/c1-11(10-26-16-7-6-12(19)8-14(16)20)23-17(24)9-22-18(25)13-4-2-3-5-15(13)21/h2-8,11H,9-10H2,1H3,(H,22,25)(H,23,24). The van der Waals surface area contributed by atoms with E-state index in [1.165, 1.54) is 6.07 Å². The van der Waals surface area contributed by atoms with Gasteiger partial charge >= 0.3 is 0 Å². The van der Waals surface area contributed by atoms with Crippen molar-refractivity contribution in [2.45, 2.75) is 13.0 Å². The summed E-state index contributed by atoms with van der Waals surface area (Å²) < 4.78 is 32.3. The number of nitrogens with one attached hydrogen (secondary N) is 2. The van der Waals surface area contributed by atoms with E-state index in [-0.39, 0.29) is 24.8 Å². The largest absolute Gasteiger partial charge is 0.488 e. The van der Waals surface area contributed by atoms with Crippen molar-refractivity contribution in [3.8, 4) is 5.75 Å². The molecule has 0 saturated heterocycles. The predicted molar refractivity (Wildman–Crippen MR) is 101 cm³/mol. The Morgan fingerprint density at radius 2 is 1.92 bits per heavy atom. The third-order valence-electron chi connectivity index (χ3n) is 3.32. The van der Waals surface area contributed by atoms with Gasteiger partial charge in [0.15, 0.2) is 11.6 Å². The molecule has 0 aromatic heterocycles. The van der Waals surface area contributed by atoms with Crippen LogP contribution in [0.1, 0.15) is 17.3 Å². The maximum Gasteiger partial charge on any atom is 0.252 e. The number of halogens is 3. The fourth-order valence-corrected chi connectivity index (χ4v) is 2.71. The highest BCUT2D eigenvalue weighted by Gasteiger charge is 2.13. The zero-order valence-electron chi connectivity index (χ0n) is 13.9. The van der Waals surface area contributed by atoms with Crippen molar-refractivity contribution < 1.29 is 23.1 Å². The summed E-state index contributed by atoms with van der Waals surface area (Å²) in [5.41, 5.74) is 0.490. The maximum atomic E-state index is 13.5. The van der Waals surface area contributed by atoms with Crippen molar-refractivity contribution >= 4 is 34.4 Å². The molecule has 0 saturated carbocycles. The molecule has 2 aromatic rings. The molecule has 1 unspecified atom stereocenters. The zero-order valence-corrected chi connectivity index (χ0v) is 16.0. The van der Waals surface area contributed by atoms with Gasteiger partial charge < -0.3 is 15.4 Å². The molecule has 0 bridgehead atoms. The SMILES string of the molecule is CC(COc1ccc(F)cc1F)NC(=O)CNC(=O)c1ccccc1I. The van der Waals surface area contributed by atoms with E-state index in [9.17, 15) is 18.4 Å². The Morgan fingerprint density at radius 3 is 2.62 bits per heavy atom. The Balaban J connectivity index is 1.76. The molecule has 0 aliphatic heterocycles. The van der Waals surface area contributed by atoms with E-state index < -0.39 is 23.6 Å². The first-order valence-electron chi connectivity index (χ1n) is 7.76. The number of rotatable bonds is 7. The third-order valence-corrected chi connectivity index (χ3v) is 4.26. The van der Waals surface area contributed by atoms with Gasteiger partial charge in [-0.05, 0) is 53.8 Å². The van der Waals surface area contributed by atoms with Gasteiger partial charge in [-0.1, -0.05) is 12.1 Å². The topological polar surface area (TPSA) is 67.4 Å². The molecule has 0 fully saturated rings. The molecule has 2 aromatic carbocycles. The van der Waals surface area contributed by atoms with Crippen LogP contribution in [-0.4, -0.2) is 31.0 Å². The van der Waals surface area contributed by atoms with Gasteiger partial charge in [-0.2, -0.15) is 0 Å². The molecule has 2 rings (SSSR count). The van der Waals surface area contributed by atoms with Gasteiger partial charge in [0.2, 0.25) is 5.91 Å². The first kappa shape index (κ1) is 20.1. The van der Waals surface area contributed by atoms with Crippen molar-refractivity contribution in [1.29, 1.82) is 0 Å². The molecular formula is C18H17F2IN2O3.